The molecule has 0 N–H and O–H groups in total. The molecule has 2 fully saturated rings. The summed E-state index contributed by atoms with van der Waals surface area (Å²) in [4.78, 5) is 23.9. The molecule has 1 spiro atoms. The Bertz CT molecular complexity index is 677. The van der Waals surface area contributed by atoms with Crippen LogP contribution in [-0.4, -0.2) is 18.0 Å². The van der Waals surface area contributed by atoms with Crippen molar-refractivity contribution in [3.05, 3.63) is 35.1 Å². The maximum absolute atomic E-state index is 12.4. The summed E-state index contributed by atoms with van der Waals surface area (Å²) in [6, 6.07) is 0. The monoisotopic (exact) mass is 300 g/mol. The van der Waals surface area contributed by atoms with Gasteiger partial charge in [0.25, 0.3) is 0 Å². The van der Waals surface area contributed by atoms with Gasteiger partial charge in [0.1, 0.15) is 11.9 Å². The Balaban J connectivity index is 1.82. The molecule has 0 radical (unpaired) electrons. The smallest absolute Gasteiger partial charge is 0.312 e. The first-order valence-electron chi connectivity index (χ1n) is 7.89. The summed E-state index contributed by atoms with van der Waals surface area (Å²) < 4.78 is 11.3. The average molecular weight is 300 g/mol. The fraction of sp³-hybridized carbons (Fsp3) is 0.556. The molecule has 0 unspecified atom stereocenters. The molecule has 4 aliphatic rings. The first-order valence-corrected chi connectivity index (χ1v) is 7.89. The van der Waals surface area contributed by atoms with E-state index in [1.54, 1.807) is 0 Å². The Hall–Kier alpha value is -1.84. The minimum Gasteiger partial charge on any atom is -0.460 e. The summed E-state index contributed by atoms with van der Waals surface area (Å²) in [7, 11) is 0. The van der Waals surface area contributed by atoms with Gasteiger partial charge in [-0.15, -0.1) is 0 Å². The van der Waals surface area contributed by atoms with E-state index in [0.717, 1.165) is 24.8 Å². The number of fused-ring (bicyclic) bond motifs is 4. The molecular weight excluding hydrogens is 280 g/mol. The summed E-state index contributed by atoms with van der Waals surface area (Å²) in [5.74, 6) is 0.369. The minimum atomic E-state index is -0.560. The Labute approximate surface area is 129 Å². The van der Waals surface area contributed by atoms with E-state index in [-0.39, 0.29) is 29.4 Å². The second kappa shape index (κ2) is 4.12. The van der Waals surface area contributed by atoms with E-state index >= 15 is 0 Å². The molecule has 1 saturated carbocycles. The van der Waals surface area contributed by atoms with Crippen molar-refractivity contribution in [3.63, 3.8) is 0 Å². The first kappa shape index (κ1) is 13.8. The Morgan fingerprint density at radius 2 is 2.09 bits per heavy atom. The van der Waals surface area contributed by atoms with Gasteiger partial charge < -0.3 is 9.47 Å². The van der Waals surface area contributed by atoms with Crippen LogP contribution in [0.2, 0.25) is 0 Å². The van der Waals surface area contributed by atoms with E-state index < -0.39 is 5.41 Å². The van der Waals surface area contributed by atoms with Crippen molar-refractivity contribution in [2.24, 2.45) is 16.7 Å². The second-order valence-corrected chi connectivity index (χ2v) is 7.12. The summed E-state index contributed by atoms with van der Waals surface area (Å²) in [6.07, 6.45) is 8.49. The Morgan fingerprint density at radius 1 is 1.36 bits per heavy atom. The van der Waals surface area contributed by atoms with Crippen LogP contribution in [0, 0.1) is 16.7 Å². The third kappa shape index (κ3) is 1.53. The van der Waals surface area contributed by atoms with Crippen LogP contribution in [0.5, 0.6) is 0 Å². The molecule has 0 aromatic rings. The number of rotatable bonds is 1. The van der Waals surface area contributed by atoms with E-state index in [1.807, 2.05) is 19.1 Å². The lowest BCUT2D eigenvalue weighted by Crippen LogP contribution is -2.40. The van der Waals surface area contributed by atoms with Crippen molar-refractivity contribution < 1.29 is 19.1 Å². The predicted molar refractivity (Wildman–Crippen MR) is 79.5 cm³/mol. The van der Waals surface area contributed by atoms with E-state index in [9.17, 15) is 9.59 Å². The van der Waals surface area contributed by atoms with E-state index in [2.05, 4.69) is 13.0 Å². The van der Waals surface area contributed by atoms with Gasteiger partial charge in [-0.3, -0.25) is 9.59 Å². The molecule has 4 heteroatoms. The zero-order chi connectivity index (χ0) is 15.7. The van der Waals surface area contributed by atoms with Crippen LogP contribution in [0.1, 0.15) is 40.0 Å². The fourth-order valence-electron chi connectivity index (χ4n) is 4.52. The van der Waals surface area contributed by atoms with Gasteiger partial charge in [-0.05, 0) is 44.8 Å². The minimum absolute atomic E-state index is 0.0647. The summed E-state index contributed by atoms with van der Waals surface area (Å²) in [5.41, 5.74) is 1.43. The quantitative estimate of drug-likeness (QED) is 0.698. The highest BCUT2D eigenvalue weighted by molar-refractivity contribution is 5.83. The van der Waals surface area contributed by atoms with Crippen molar-refractivity contribution in [2.75, 3.05) is 0 Å². The van der Waals surface area contributed by atoms with Crippen molar-refractivity contribution in [2.45, 2.75) is 46.1 Å². The van der Waals surface area contributed by atoms with Crippen LogP contribution >= 0.6 is 0 Å². The molecule has 4 nitrogen and oxygen atoms in total. The van der Waals surface area contributed by atoms with Crippen LogP contribution in [0.4, 0.5) is 0 Å². The highest BCUT2D eigenvalue weighted by Crippen LogP contribution is 2.66. The number of carbonyl (C=O) groups is 2. The number of allylic oxidation sites excluding steroid dienone is 4. The third-order valence-electron chi connectivity index (χ3n) is 5.90. The summed E-state index contributed by atoms with van der Waals surface area (Å²) >= 11 is 0. The Kier molecular flexibility index (Phi) is 2.58. The number of ether oxygens (including phenoxy) is 2. The van der Waals surface area contributed by atoms with Crippen molar-refractivity contribution >= 4 is 11.9 Å². The molecular formula is C18H20O4. The van der Waals surface area contributed by atoms with Gasteiger partial charge in [-0.2, -0.15) is 0 Å². The number of hydrogen-bond acceptors (Lipinski definition) is 4. The highest BCUT2D eigenvalue weighted by Gasteiger charge is 2.69. The average Bonchev–Trinajstić information content (AvgIpc) is 3.13. The Morgan fingerprint density at radius 3 is 2.73 bits per heavy atom. The standard InChI is InChI=1S/C18H20O4/c1-10-4-5-13-15(22-16(20)18(13)8-9-18)17(3)12(10)6-7-14(17)21-11(2)19/h4,6-7,13,15H,5,8-9H2,1-3H3/t13-,15-,17+/m1/s1. The number of hydrogen-bond donors (Lipinski definition) is 0. The lowest BCUT2D eigenvalue weighted by Gasteiger charge is -2.36. The van der Waals surface area contributed by atoms with E-state index in [0.29, 0.717) is 5.76 Å². The fourth-order valence-corrected chi connectivity index (χ4v) is 4.52. The van der Waals surface area contributed by atoms with E-state index in [4.69, 9.17) is 9.47 Å². The first-order chi connectivity index (χ1) is 10.4. The largest absolute Gasteiger partial charge is 0.460 e. The van der Waals surface area contributed by atoms with Gasteiger partial charge in [0.05, 0.1) is 10.8 Å². The molecule has 0 aromatic carbocycles. The number of carbonyl (C=O) groups excluding carboxylic acids is 2. The topological polar surface area (TPSA) is 52.6 Å². The lowest BCUT2D eigenvalue weighted by molar-refractivity contribution is -0.149. The molecule has 116 valence electrons. The van der Waals surface area contributed by atoms with Crippen molar-refractivity contribution in [1.82, 2.24) is 0 Å². The second-order valence-electron chi connectivity index (χ2n) is 7.12. The molecule has 3 aliphatic carbocycles. The molecule has 22 heavy (non-hydrogen) atoms. The molecule has 1 saturated heterocycles. The lowest BCUT2D eigenvalue weighted by atomic mass is 9.70. The maximum Gasteiger partial charge on any atom is 0.312 e. The van der Waals surface area contributed by atoms with Crippen molar-refractivity contribution in [3.8, 4) is 0 Å². The summed E-state index contributed by atoms with van der Waals surface area (Å²) in [5, 5.41) is 0. The van der Waals surface area contributed by atoms with Crippen LogP contribution < -0.4 is 0 Å². The van der Waals surface area contributed by atoms with Gasteiger partial charge in [0.15, 0.2) is 0 Å². The summed E-state index contributed by atoms with van der Waals surface area (Å²) in [6.45, 7) is 5.52. The SMILES string of the molecule is CC(=O)OC1=CC=C2C(C)=CC[C@@H]3[C@@H](OC(=O)C34CC4)[C@]12C. The van der Waals surface area contributed by atoms with Crippen LogP contribution in [-0.2, 0) is 19.1 Å². The predicted octanol–water partition coefficient (Wildman–Crippen LogP) is 3.05. The molecule has 0 bridgehead atoms. The van der Waals surface area contributed by atoms with Crippen LogP contribution in [0.25, 0.3) is 0 Å². The van der Waals surface area contributed by atoms with Gasteiger partial charge in [0.2, 0.25) is 0 Å². The van der Waals surface area contributed by atoms with E-state index in [1.165, 1.54) is 12.5 Å². The molecule has 0 amide bonds. The number of esters is 2. The van der Waals surface area contributed by atoms with Gasteiger partial charge >= 0.3 is 11.9 Å². The maximum atomic E-state index is 12.4. The highest BCUT2D eigenvalue weighted by atomic mass is 16.6. The van der Waals surface area contributed by atoms with Crippen molar-refractivity contribution in [1.29, 1.82) is 0 Å². The molecule has 1 aliphatic heterocycles. The van der Waals surface area contributed by atoms with Gasteiger partial charge in [0, 0.05) is 12.8 Å². The third-order valence-corrected chi connectivity index (χ3v) is 5.90. The molecule has 3 atom stereocenters. The zero-order valence-corrected chi connectivity index (χ0v) is 13.1. The van der Waals surface area contributed by atoms with Crippen LogP contribution in [0.3, 0.4) is 0 Å². The molecule has 0 aromatic heterocycles. The van der Waals surface area contributed by atoms with Crippen LogP contribution in [0.15, 0.2) is 35.1 Å². The normalized spacial score (nSPS) is 37.4. The molecule has 4 rings (SSSR count). The molecule has 1 heterocycles. The van der Waals surface area contributed by atoms with Gasteiger partial charge in [-0.1, -0.05) is 17.7 Å². The van der Waals surface area contributed by atoms with Gasteiger partial charge in [-0.25, -0.2) is 0 Å². The zero-order valence-electron chi connectivity index (χ0n) is 13.1.